The van der Waals surface area contributed by atoms with E-state index in [9.17, 15) is 24.0 Å². The summed E-state index contributed by atoms with van der Waals surface area (Å²) >= 11 is 0. The minimum absolute atomic E-state index is 0.0356. The number of likely N-dealkylation sites (tertiary alicyclic amines) is 1. The van der Waals surface area contributed by atoms with Crippen LogP contribution in [-0.2, 0) is 20.9 Å². The van der Waals surface area contributed by atoms with Crippen LogP contribution in [0.5, 0.6) is 0 Å². The molecule has 0 saturated carbocycles. The van der Waals surface area contributed by atoms with Gasteiger partial charge in [-0.15, -0.1) is 5.10 Å². The molecule has 188 valence electrons. The van der Waals surface area contributed by atoms with E-state index in [4.69, 9.17) is 0 Å². The van der Waals surface area contributed by atoms with Crippen LogP contribution in [-0.4, -0.2) is 79.5 Å². The molecule has 36 heavy (non-hydrogen) atoms. The van der Waals surface area contributed by atoms with E-state index in [0.29, 0.717) is 37.2 Å². The monoisotopic (exact) mass is 493 g/mol. The van der Waals surface area contributed by atoms with Crippen molar-refractivity contribution in [3.8, 4) is 5.69 Å². The van der Waals surface area contributed by atoms with E-state index in [1.54, 1.807) is 36.2 Å². The Bertz CT molecular complexity index is 1260. The molecule has 12 nitrogen and oxygen atoms in total. The third-order valence-electron chi connectivity index (χ3n) is 6.88. The molecule has 3 aliphatic rings. The fourth-order valence-corrected chi connectivity index (χ4v) is 4.96. The predicted molar refractivity (Wildman–Crippen MR) is 125 cm³/mol. The normalized spacial score (nSPS) is 21.9. The molecule has 2 fully saturated rings. The second-order valence-electron chi connectivity index (χ2n) is 9.30. The van der Waals surface area contributed by atoms with Crippen LogP contribution < -0.4 is 10.6 Å². The first-order valence-electron chi connectivity index (χ1n) is 12.1. The molecule has 4 heterocycles. The molecule has 2 aromatic rings. The van der Waals surface area contributed by atoms with Gasteiger partial charge in [0.25, 0.3) is 11.8 Å². The molecule has 2 N–H and O–H groups in total. The average molecular weight is 494 g/mol. The number of piperidine rings is 2. The van der Waals surface area contributed by atoms with Crippen LogP contribution in [0.4, 0.5) is 0 Å². The van der Waals surface area contributed by atoms with Crippen LogP contribution in [0.15, 0.2) is 24.4 Å². The topological polar surface area (TPSA) is 147 Å². The number of fused-ring (bicyclic) bond motifs is 1. The number of rotatable bonds is 5. The van der Waals surface area contributed by atoms with Crippen molar-refractivity contribution in [3.05, 3.63) is 41.2 Å². The molecule has 2 atom stereocenters. The number of benzene rings is 1. The summed E-state index contributed by atoms with van der Waals surface area (Å²) in [7, 11) is 0. The number of aromatic nitrogens is 3. The van der Waals surface area contributed by atoms with Crippen LogP contribution in [0, 0.1) is 0 Å². The number of hydrogen-bond acceptors (Lipinski definition) is 7. The molecule has 12 heteroatoms. The second kappa shape index (κ2) is 9.51. The van der Waals surface area contributed by atoms with E-state index in [-0.39, 0.29) is 48.3 Å². The van der Waals surface area contributed by atoms with Gasteiger partial charge in [-0.2, -0.15) is 0 Å². The summed E-state index contributed by atoms with van der Waals surface area (Å²) in [5.41, 5.74) is 2.05. The van der Waals surface area contributed by atoms with Crippen LogP contribution >= 0.6 is 0 Å². The SMILES string of the molecule is CCC(=O)NC1CCCN(C(=O)c2cn(-c3ccc4c(c3)CN(C3CCC(=O)NC3=O)C4=O)nn2)C1. The molecule has 5 rings (SSSR count). The maximum absolute atomic E-state index is 13.0. The molecular weight excluding hydrogens is 466 g/mol. The highest BCUT2D eigenvalue weighted by Crippen LogP contribution is 2.29. The van der Waals surface area contributed by atoms with Gasteiger partial charge in [0.15, 0.2) is 5.69 Å². The van der Waals surface area contributed by atoms with Crippen LogP contribution in [0.2, 0.25) is 0 Å². The maximum atomic E-state index is 13.0. The summed E-state index contributed by atoms with van der Waals surface area (Å²) in [4.78, 5) is 64.5. The van der Waals surface area contributed by atoms with Crippen molar-refractivity contribution >= 4 is 29.5 Å². The Morgan fingerprint density at radius 2 is 2.03 bits per heavy atom. The van der Waals surface area contributed by atoms with Crippen molar-refractivity contribution in [1.29, 1.82) is 0 Å². The smallest absolute Gasteiger partial charge is 0.276 e. The molecule has 2 unspecified atom stereocenters. The lowest BCUT2D eigenvalue weighted by Gasteiger charge is -2.32. The van der Waals surface area contributed by atoms with Crippen LogP contribution in [0.25, 0.3) is 5.69 Å². The van der Waals surface area contributed by atoms with Crippen molar-refractivity contribution in [1.82, 2.24) is 35.4 Å². The standard InChI is InChI=1S/C24H27N7O5/c1-2-20(32)25-15-4-3-9-29(12-15)24(36)18-13-31(28-27-18)16-5-6-17-14(10-16)11-30(23(17)35)19-7-8-21(33)26-22(19)34/h5-6,10,13,15,19H,2-4,7-9,11-12H2,1H3,(H,25,32)(H,26,33,34). The van der Waals surface area contributed by atoms with Crippen molar-refractivity contribution in [2.24, 2.45) is 0 Å². The zero-order chi connectivity index (χ0) is 25.4. The number of nitrogens with zero attached hydrogens (tertiary/aromatic N) is 5. The lowest BCUT2D eigenvalue weighted by Crippen LogP contribution is -2.52. The van der Waals surface area contributed by atoms with Crippen LogP contribution in [0.1, 0.15) is 65.4 Å². The van der Waals surface area contributed by atoms with Crippen molar-refractivity contribution < 1.29 is 24.0 Å². The first-order chi connectivity index (χ1) is 17.3. The zero-order valence-corrected chi connectivity index (χ0v) is 19.9. The minimum atomic E-state index is -0.683. The average Bonchev–Trinajstić information content (AvgIpc) is 3.49. The minimum Gasteiger partial charge on any atom is -0.352 e. The number of nitrogens with one attached hydrogen (secondary N) is 2. The molecule has 0 radical (unpaired) electrons. The fourth-order valence-electron chi connectivity index (χ4n) is 4.96. The first-order valence-corrected chi connectivity index (χ1v) is 12.1. The highest BCUT2D eigenvalue weighted by atomic mass is 16.2. The Labute approximate surface area is 207 Å². The van der Waals surface area contributed by atoms with E-state index < -0.39 is 11.9 Å². The van der Waals surface area contributed by atoms with Crippen molar-refractivity contribution in [2.75, 3.05) is 13.1 Å². The lowest BCUT2D eigenvalue weighted by atomic mass is 10.0. The van der Waals surface area contributed by atoms with E-state index in [1.165, 1.54) is 9.58 Å². The Balaban J connectivity index is 1.29. The fraction of sp³-hybridized carbons (Fsp3) is 0.458. The van der Waals surface area contributed by atoms with E-state index in [0.717, 1.165) is 18.4 Å². The Kier molecular flexibility index (Phi) is 6.25. The molecule has 1 aromatic carbocycles. The summed E-state index contributed by atoms with van der Waals surface area (Å²) in [5.74, 6) is -1.33. The summed E-state index contributed by atoms with van der Waals surface area (Å²) in [6, 6.07) is 4.42. The summed E-state index contributed by atoms with van der Waals surface area (Å²) in [6.07, 6.45) is 4.05. The van der Waals surface area contributed by atoms with Gasteiger partial charge in [-0.1, -0.05) is 12.1 Å². The third kappa shape index (κ3) is 4.45. The molecule has 0 spiro atoms. The first kappa shape index (κ1) is 23.6. The van der Waals surface area contributed by atoms with Gasteiger partial charge in [0, 0.05) is 44.1 Å². The van der Waals surface area contributed by atoms with Gasteiger partial charge in [-0.25, -0.2) is 4.68 Å². The van der Waals surface area contributed by atoms with Gasteiger partial charge in [0.1, 0.15) is 6.04 Å². The van der Waals surface area contributed by atoms with Gasteiger partial charge in [-0.05, 0) is 43.0 Å². The number of hydrogen-bond donors (Lipinski definition) is 2. The number of imide groups is 1. The second-order valence-corrected chi connectivity index (χ2v) is 9.30. The Hall–Kier alpha value is -4.09. The highest BCUT2D eigenvalue weighted by molar-refractivity contribution is 6.05. The number of carbonyl (C=O) groups excluding carboxylic acids is 5. The predicted octanol–water partition coefficient (Wildman–Crippen LogP) is 0.159. The quantitative estimate of drug-likeness (QED) is 0.564. The highest BCUT2D eigenvalue weighted by Gasteiger charge is 2.39. The summed E-state index contributed by atoms with van der Waals surface area (Å²) in [6.45, 7) is 3.05. The number of carbonyl (C=O) groups is 5. The van der Waals surface area contributed by atoms with Crippen LogP contribution in [0.3, 0.4) is 0 Å². The molecule has 5 amide bonds. The Morgan fingerprint density at radius 1 is 1.19 bits per heavy atom. The summed E-state index contributed by atoms with van der Waals surface area (Å²) in [5, 5.41) is 13.4. The Morgan fingerprint density at radius 3 is 2.81 bits per heavy atom. The van der Waals surface area contributed by atoms with E-state index >= 15 is 0 Å². The molecule has 3 aliphatic heterocycles. The van der Waals surface area contributed by atoms with Gasteiger partial charge >= 0.3 is 0 Å². The van der Waals surface area contributed by atoms with Gasteiger partial charge in [-0.3, -0.25) is 29.3 Å². The largest absolute Gasteiger partial charge is 0.352 e. The van der Waals surface area contributed by atoms with Gasteiger partial charge in [0.05, 0.1) is 11.9 Å². The summed E-state index contributed by atoms with van der Waals surface area (Å²) < 4.78 is 1.48. The number of amides is 5. The molecule has 2 saturated heterocycles. The van der Waals surface area contributed by atoms with E-state index in [1.807, 2.05) is 0 Å². The molecular formula is C24H27N7O5. The lowest BCUT2D eigenvalue weighted by molar-refractivity contribution is -0.137. The van der Waals surface area contributed by atoms with Gasteiger partial charge in [0.2, 0.25) is 17.7 Å². The van der Waals surface area contributed by atoms with Gasteiger partial charge < -0.3 is 15.1 Å². The molecule has 1 aromatic heterocycles. The molecule has 0 bridgehead atoms. The zero-order valence-electron chi connectivity index (χ0n) is 19.9. The maximum Gasteiger partial charge on any atom is 0.276 e. The van der Waals surface area contributed by atoms with Crippen molar-refractivity contribution in [3.63, 3.8) is 0 Å². The van der Waals surface area contributed by atoms with E-state index in [2.05, 4.69) is 20.9 Å². The van der Waals surface area contributed by atoms with Crippen molar-refractivity contribution in [2.45, 2.75) is 57.7 Å². The molecule has 0 aliphatic carbocycles. The third-order valence-corrected chi connectivity index (χ3v) is 6.88.